The van der Waals surface area contributed by atoms with E-state index >= 15 is 0 Å². The summed E-state index contributed by atoms with van der Waals surface area (Å²) in [6.07, 6.45) is 0.591. The van der Waals surface area contributed by atoms with E-state index in [9.17, 15) is 14.4 Å². The number of piperidine rings is 1. The molecule has 0 aromatic rings. The van der Waals surface area contributed by atoms with E-state index in [0.717, 1.165) is 4.90 Å². The molecule has 96 valence electrons. The van der Waals surface area contributed by atoms with Crippen LogP contribution < -0.4 is 5.73 Å². The fraction of sp³-hybridized carbons (Fsp3) is 0.727. The number of hydrogen-bond donors (Lipinski definition) is 1. The molecule has 0 saturated carbocycles. The van der Waals surface area contributed by atoms with Crippen LogP contribution in [-0.2, 0) is 14.4 Å². The topological polar surface area (TPSA) is 83.7 Å². The van der Waals surface area contributed by atoms with E-state index in [4.69, 9.17) is 5.73 Å². The van der Waals surface area contributed by atoms with Gasteiger partial charge in [-0.2, -0.15) is 0 Å². The SMILES string of the molecule is CC(C)N(C)C(=O)CN1C(=O)CCC(N)C1=O. The number of likely N-dealkylation sites (N-methyl/N-ethyl adjacent to an activating group) is 1. The van der Waals surface area contributed by atoms with E-state index in [-0.39, 0.29) is 30.8 Å². The van der Waals surface area contributed by atoms with Crippen LogP contribution in [0.15, 0.2) is 0 Å². The zero-order chi connectivity index (χ0) is 13.2. The number of nitrogens with zero attached hydrogens (tertiary/aromatic N) is 2. The van der Waals surface area contributed by atoms with Gasteiger partial charge in [0.1, 0.15) is 6.54 Å². The summed E-state index contributed by atoms with van der Waals surface area (Å²) in [5.74, 6) is -1.02. The number of hydrogen-bond acceptors (Lipinski definition) is 4. The fourth-order valence-electron chi connectivity index (χ4n) is 1.56. The van der Waals surface area contributed by atoms with Gasteiger partial charge in [0.05, 0.1) is 6.04 Å². The Hall–Kier alpha value is -1.43. The molecule has 1 aliphatic rings. The van der Waals surface area contributed by atoms with Crippen LogP contribution in [0.3, 0.4) is 0 Å². The minimum absolute atomic E-state index is 0.0335. The average Bonchev–Trinajstić information content (AvgIpc) is 2.28. The third-order valence-electron chi connectivity index (χ3n) is 3.01. The van der Waals surface area contributed by atoms with Gasteiger partial charge in [-0.15, -0.1) is 0 Å². The Labute approximate surface area is 101 Å². The Balaban J connectivity index is 2.69. The molecule has 17 heavy (non-hydrogen) atoms. The van der Waals surface area contributed by atoms with Crippen LogP contribution in [0, 0.1) is 0 Å². The van der Waals surface area contributed by atoms with Gasteiger partial charge in [-0.25, -0.2) is 0 Å². The number of rotatable bonds is 3. The van der Waals surface area contributed by atoms with E-state index in [1.165, 1.54) is 4.90 Å². The van der Waals surface area contributed by atoms with E-state index in [1.54, 1.807) is 7.05 Å². The highest BCUT2D eigenvalue weighted by Crippen LogP contribution is 2.12. The Morgan fingerprint density at radius 1 is 1.53 bits per heavy atom. The Morgan fingerprint density at radius 2 is 2.12 bits per heavy atom. The van der Waals surface area contributed by atoms with Crippen molar-refractivity contribution in [2.45, 2.75) is 38.8 Å². The van der Waals surface area contributed by atoms with Gasteiger partial charge < -0.3 is 10.6 Å². The standard InChI is InChI=1S/C11H19N3O3/c1-7(2)13(3)10(16)6-14-9(15)5-4-8(12)11(14)17/h7-8H,4-6,12H2,1-3H3. The first-order valence-corrected chi connectivity index (χ1v) is 5.70. The van der Waals surface area contributed by atoms with Gasteiger partial charge in [-0.1, -0.05) is 0 Å². The summed E-state index contributed by atoms with van der Waals surface area (Å²) in [4.78, 5) is 37.5. The Kier molecular flexibility index (Phi) is 4.22. The van der Waals surface area contributed by atoms with Gasteiger partial charge in [-0.05, 0) is 20.3 Å². The first-order chi connectivity index (χ1) is 7.84. The number of carbonyl (C=O) groups excluding carboxylic acids is 3. The van der Waals surface area contributed by atoms with Crippen LogP contribution in [0.1, 0.15) is 26.7 Å². The van der Waals surface area contributed by atoms with Crippen molar-refractivity contribution < 1.29 is 14.4 Å². The lowest BCUT2D eigenvalue weighted by molar-refractivity contribution is -0.153. The second-order valence-corrected chi connectivity index (χ2v) is 4.56. The molecule has 0 bridgehead atoms. The molecule has 0 spiro atoms. The lowest BCUT2D eigenvalue weighted by Crippen LogP contribution is -2.54. The third-order valence-corrected chi connectivity index (χ3v) is 3.01. The molecule has 2 N–H and O–H groups in total. The van der Waals surface area contributed by atoms with Crippen molar-refractivity contribution in [3.63, 3.8) is 0 Å². The van der Waals surface area contributed by atoms with Gasteiger partial charge in [-0.3, -0.25) is 19.3 Å². The highest BCUT2D eigenvalue weighted by Gasteiger charge is 2.33. The van der Waals surface area contributed by atoms with Crippen LogP contribution in [0.25, 0.3) is 0 Å². The maximum atomic E-state index is 11.8. The monoisotopic (exact) mass is 241 g/mol. The zero-order valence-electron chi connectivity index (χ0n) is 10.5. The van der Waals surface area contributed by atoms with E-state index < -0.39 is 11.9 Å². The molecule has 1 unspecified atom stereocenters. The summed E-state index contributed by atoms with van der Waals surface area (Å²) >= 11 is 0. The molecule has 1 fully saturated rings. The minimum Gasteiger partial charge on any atom is -0.342 e. The molecular weight excluding hydrogens is 222 g/mol. The molecule has 0 aromatic carbocycles. The number of nitrogens with two attached hydrogens (primary N) is 1. The summed E-state index contributed by atoms with van der Waals surface area (Å²) in [7, 11) is 1.64. The largest absolute Gasteiger partial charge is 0.342 e. The minimum atomic E-state index is -0.662. The van der Waals surface area contributed by atoms with Crippen molar-refractivity contribution in [2.24, 2.45) is 5.73 Å². The molecule has 1 aliphatic heterocycles. The molecule has 0 aromatic heterocycles. The molecule has 1 atom stereocenters. The molecule has 1 heterocycles. The number of likely N-dealkylation sites (tertiary alicyclic amines) is 1. The van der Waals surface area contributed by atoms with E-state index in [0.29, 0.717) is 6.42 Å². The molecule has 0 aliphatic carbocycles. The van der Waals surface area contributed by atoms with Crippen molar-refractivity contribution in [3.8, 4) is 0 Å². The molecule has 6 heteroatoms. The van der Waals surface area contributed by atoms with Crippen molar-refractivity contribution in [2.75, 3.05) is 13.6 Å². The van der Waals surface area contributed by atoms with E-state index in [1.807, 2.05) is 13.8 Å². The predicted molar refractivity (Wildman–Crippen MR) is 61.8 cm³/mol. The van der Waals surface area contributed by atoms with Crippen LogP contribution in [-0.4, -0.2) is 53.2 Å². The summed E-state index contributed by atoms with van der Waals surface area (Å²) in [5.41, 5.74) is 5.57. The normalized spacial score (nSPS) is 21.0. The maximum Gasteiger partial charge on any atom is 0.246 e. The van der Waals surface area contributed by atoms with Crippen LogP contribution in [0.2, 0.25) is 0 Å². The molecule has 0 radical (unpaired) electrons. The number of imide groups is 1. The summed E-state index contributed by atoms with van der Waals surface area (Å²) in [6.45, 7) is 3.52. The molecule has 6 nitrogen and oxygen atoms in total. The van der Waals surface area contributed by atoms with Gasteiger partial charge in [0.15, 0.2) is 0 Å². The first kappa shape index (κ1) is 13.6. The summed E-state index contributed by atoms with van der Waals surface area (Å²) < 4.78 is 0. The van der Waals surface area contributed by atoms with Gasteiger partial charge >= 0.3 is 0 Å². The molecule has 1 saturated heterocycles. The molecular formula is C11H19N3O3. The second-order valence-electron chi connectivity index (χ2n) is 4.56. The Morgan fingerprint density at radius 3 is 2.65 bits per heavy atom. The van der Waals surface area contributed by atoms with Crippen LogP contribution in [0.4, 0.5) is 0 Å². The van der Waals surface area contributed by atoms with Gasteiger partial charge in [0, 0.05) is 19.5 Å². The van der Waals surface area contributed by atoms with Crippen molar-refractivity contribution in [1.29, 1.82) is 0 Å². The quantitative estimate of drug-likeness (QED) is 0.664. The fourth-order valence-corrected chi connectivity index (χ4v) is 1.56. The lowest BCUT2D eigenvalue weighted by atomic mass is 10.1. The predicted octanol–water partition coefficient (Wildman–Crippen LogP) is -0.670. The van der Waals surface area contributed by atoms with Crippen molar-refractivity contribution in [1.82, 2.24) is 9.80 Å². The molecule has 1 rings (SSSR count). The van der Waals surface area contributed by atoms with Gasteiger partial charge in [0.25, 0.3) is 0 Å². The Bertz CT molecular complexity index is 341. The summed E-state index contributed by atoms with van der Waals surface area (Å²) in [6, 6.07) is -0.629. The molecule has 3 amide bonds. The number of amides is 3. The van der Waals surface area contributed by atoms with E-state index in [2.05, 4.69) is 0 Å². The van der Waals surface area contributed by atoms with Gasteiger partial charge in [0.2, 0.25) is 17.7 Å². The second kappa shape index (κ2) is 5.27. The lowest BCUT2D eigenvalue weighted by Gasteiger charge is -2.30. The zero-order valence-corrected chi connectivity index (χ0v) is 10.5. The summed E-state index contributed by atoms with van der Waals surface area (Å²) in [5, 5.41) is 0. The number of carbonyl (C=O) groups is 3. The first-order valence-electron chi connectivity index (χ1n) is 5.70. The highest BCUT2D eigenvalue weighted by atomic mass is 16.2. The van der Waals surface area contributed by atoms with Crippen LogP contribution in [0.5, 0.6) is 0 Å². The highest BCUT2D eigenvalue weighted by molar-refractivity contribution is 6.03. The average molecular weight is 241 g/mol. The van der Waals surface area contributed by atoms with Crippen LogP contribution >= 0.6 is 0 Å². The third kappa shape index (κ3) is 3.03. The van der Waals surface area contributed by atoms with Crippen molar-refractivity contribution in [3.05, 3.63) is 0 Å². The van der Waals surface area contributed by atoms with Crippen molar-refractivity contribution >= 4 is 17.7 Å². The smallest absolute Gasteiger partial charge is 0.246 e. The maximum absolute atomic E-state index is 11.8.